The molecule has 6 heteroatoms. The van der Waals surface area contributed by atoms with Crippen LogP contribution in [-0.2, 0) is 4.79 Å². The van der Waals surface area contributed by atoms with E-state index in [9.17, 15) is 14.6 Å². The molecular formula is C14H12ClFN3O. The number of benzene rings is 1. The first-order valence-corrected chi connectivity index (χ1v) is 7.09. The maximum atomic E-state index is 13.2. The van der Waals surface area contributed by atoms with Crippen molar-refractivity contribution < 1.29 is 9.18 Å². The van der Waals surface area contributed by atoms with Crippen LogP contribution in [0.3, 0.4) is 0 Å². The summed E-state index contributed by atoms with van der Waals surface area (Å²) in [4.78, 5) is 15.6. The molecule has 1 aromatic carbocycles. The fourth-order valence-electron chi connectivity index (χ4n) is 3.81. The second kappa shape index (κ2) is 3.95. The predicted octanol–water partition coefficient (Wildman–Crippen LogP) is 1.83. The summed E-state index contributed by atoms with van der Waals surface area (Å²) in [5.41, 5.74) is 0.410. The molecule has 0 N–H and O–H groups in total. The highest BCUT2D eigenvalue weighted by Crippen LogP contribution is 2.46. The Kier molecular flexibility index (Phi) is 2.40. The zero-order valence-corrected chi connectivity index (χ0v) is 11.3. The summed E-state index contributed by atoms with van der Waals surface area (Å²) in [7, 11) is 0. The Balaban J connectivity index is 1.74. The topological polar surface area (TPSA) is 45.9 Å². The third-order valence-corrected chi connectivity index (χ3v) is 4.94. The first kappa shape index (κ1) is 12.1. The largest absolute Gasteiger partial charge is 0.325 e. The average molecular weight is 293 g/mol. The Morgan fingerprint density at radius 1 is 1.35 bits per heavy atom. The first-order valence-electron chi connectivity index (χ1n) is 6.71. The van der Waals surface area contributed by atoms with Crippen LogP contribution >= 0.6 is 11.6 Å². The molecule has 1 radical (unpaired) electrons. The SMILES string of the molecule is [N]=C1N(c2ccc(F)c(Cl)c2)C(=O)[C@H]2[C@@H]3CC[C@@H](C3)N12. The minimum absolute atomic E-state index is 0.0464. The molecule has 20 heavy (non-hydrogen) atoms. The van der Waals surface area contributed by atoms with E-state index in [1.54, 1.807) is 0 Å². The third-order valence-electron chi connectivity index (χ3n) is 4.65. The molecule has 0 aromatic heterocycles. The molecule has 103 valence electrons. The van der Waals surface area contributed by atoms with Gasteiger partial charge in [-0.15, -0.1) is 5.41 Å². The molecule has 1 amide bonds. The zero-order valence-electron chi connectivity index (χ0n) is 10.6. The molecule has 2 heterocycles. The van der Waals surface area contributed by atoms with Gasteiger partial charge in [0, 0.05) is 6.04 Å². The Morgan fingerprint density at radius 3 is 2.85 bits per heavy atom. The van der Waals surface area contributed by atoms with Gasteiger partial charge < -0.3 is 4.90 Å². The van der Waals surface area contributed by atoms with Crippen LogP contribution in [0.15, 0.2) is 18.2 Å². The Hall–Kier alpha value is -1.62. The number of carbonyl (C=O) groups is 1. The van der Waals surface area contributed by atoms with Crippen molar-refractivity contribution in [3.05, 3.63) is 29.0 Å². The maximum Gasteiger partial charge on any atom is 0.257 e. The second-order valence-electron chi connectivity index (χ2n) is 5.65. The van der Waals surface area contributed by atoms with Crippen LogP contribution in [0.1, 0.15) is 19.3 Å². The molecule has 4 rings (SSSR count). The molecule has 3 fully saturated rings. The van der Waals surface area contributed by atoms with Gasteiger partial charge in [-0.2, -0.15) is 0 Å². The van der Waals surface area contributed by atoms with Crippen molar-refractivity contribution in [1.82, 2.24) is 10.3 Å². The summed E-state index contributed by atoms with van der Waals surface area (Å²) in [6.07, 6.45) is 3.01. The van der Waals surface area contributed by atoms with Crippen molar-refractivity contribution >= 4 is 29.2 Å². The number of anilines is 1. The van der Waals surface area contributed by atoms with Gasteiger partial charge in [0.1, 0.15) is 11.9 Å². The molecule has 3 atom stereocenters. The number of carbonyl (C=O) groups excluding carboxylic acids is 1. The molecule has 2 aliphatic heterocycles. The molecule has 1 aliphatic carbocycles. The van der Waals surface area contributed by atoms with Crippen LogP contribution in [0.25, 0.3) is 0 Å². The molecule has 0 unspecified atom stereocenters. The standard InChI is InChI=1S/C14H12ClFN3O/c15-10-6-9(3-4-11(10)16)19-13(20)12-7-1-2-8(5-7)18(12)14(19)17/h3-4,6-8,12H,1-2,5H2/t7-,8+,12-/m1/s1. The van der Waals surface area contributed by atoms with Gasteiger partial charge >= 0.3 is 0 Å². The molecule has 1 saturated carbocycles. The Morgan fingerprint density at radius 2 is 2.15 bits per heavy atom. The number of piperidine rings is 1. The lowest BCUT2D eigenvalue weighted by atomic mass is 9.99. The van der Waals surface area contributed by atoms with E-state index >= 15 is 0 Å². The van der Waals surface area contributed by atoms with Crippen molar-refractivity contribution in [1.29, 1.82) is 0 Å². The highest BCUT2D eigenvalue weighted by atomic mass is 35.5. The monoisotopic (exact) mass is 292 g/mol. The van der Waals surface area contributed by atoms with Gasteiger partial charge in [0.05, 0.1) is 10.7 Å². The number of fused-ring (bicyclic) bond motifs is 5. The van der Waals surface area contributed by atoms with E-state index in [0.717, 1.165) is 19.3 Å². The van der Waals surface area contributed by atoms with Crippen LogP contribution < -0.4 is 10.3 Å². The molecular weight excluding hydrogens is 281 g/mol. The second-order valence-corrected chi connectivity index (χ2v) is 6.06. The summed E-state index contributed by atoms with van der Waals surface area (Å²) in [6.45, 7) is 0. The molecule has 2 saturated heterocycles. The number of rotatable bonds is 1. The lowest BCUT2D eigenvalue weighted by molar-refractivity contribution is -0.120. The fourth-order valence-corrected chi connectivity index (χ4v) is 3.98. The number of hydrogen-bond acceptors (Lipinski definition) is 1. The molecule has 4 nitrogen and oxygen atoms in total. The number of halogens is 2. The lowest BCUT2D eigenvalue weighted by Crippen LogP contribution is -2.41. The maximum absolute atomic E-state index is 13.2. The minimum atomic E-state index is -0.540. The van der Waals surface area contributed by atoms with E-state index < -0.39 is 5.82 Å². The molecule has 3 aliphatic rings. The van der Waals surface area contributed by atoms with Crippen molar-refractivity contribution in [2.45, 2.75) is 31.3 Å². The highest BCUT2D eigenvalue weighted by Gasteiger charge is 2.57. The van der Waals surface area contributed by atoms with Crippen LogP contribution in [0.4, 0.5) is 10.1 Å². The summed E-state index contributed by atoms with van der Waals surface area (Å²) in [6, 6.07) is 4.01. The molecule has 0 spiro atoms. The quantitative estimate of drug-likeness (QED) is 0.793. The van der Waals surface area contributed by atoms with Crippen LogP contribution in [0, 0.1) is 11.7 Å². The Bertz CT molecular complexity index is 607. The van der Waals surface area contributed by atoms with Crippen molar-refractivity contribution in [2.75, 3.05) is 4.90 Å². The van der Waals surface area contributed by atoms with Gasteiger partial charge in [-0.1, -0.05) is 11.6 Å². The summed E-state index contributed by atoms with van der Waals surface area (Å²) < 4.78 is 13.2. The van der Waals surface area contributed by atoms with Gasteiger partial charge in [-0.25, -0.2) is 9.29 Å². The summed E-state index contributed by atoms with van der Waals surface area (Å²) in [5.74, 6) is -0.412. The summed E-state index contributed by atoms with van der Waals surface area (Å²) in [5, 5.41) is 10.3. The van der Waals surface area contributed by atoms with Crippen molar-refractivity contribution in [2.24, 2.45) is 5.92 Å². The molecule has 1 aromatic rings. The zero-order chi connectivity index (χ0) is 14.0. The number of amides is 1. The van der Waals surface area contributed by atoms with Gasteiger partial charge in [0.2, 0.25) is 5.96 Å². The van der Waals surface area contributed by atoms with E-state index in [-0.39, 0.29) is 29.0 Å². The first-order chi connectivity index (χ1) is 9.58. The van der Waals surface area contributed by atoms with Gasteiger partial charge in [-0.3, -0.25) is 4.79 Å². The van der Waals surface area contributed by atoms with E-state index in [1.165, 1.54) is 23.1 Å². The van der Waals surface area contributed by atoms with E-state index in [0.29, 0.717) is 11.6 Å². The third kappa shape index (κ3) is 1.41. The predicted molar refractivity (Wildman–Crippen MR) is 72.8 cm³/mol. The number of hydrogen-bond donors (Lipinski definition) is 0. The van der Waals surface area contributed by atoms with Crippen molar-refractivity contribution in [3.63, 3.8) is 0 Å². The smallest absolute Gasteiger partial charge is 0.257 e. The summed E-state index contributed by atoms with van der Waals surface area (Å²) >= 11 is 5.76. The van der Waals surface area contributed by atoms with Gasteiger partial charge in [0.25, 0.3) is 5.91 Å². The average Bonchev–Trinajstić information content (AvgIpc) is 3.08. The normalized spacial score (nSPS) is 31.4. The fraction of sp³-hybridized carbons (Fsp3) is 0.429. The number of guanidine groups is 1. The molecule has 2 bridgehead atoms. The van der Waals surface area contributed by atoms with Gasteiger partial charge in [-0.05, 0) is 43.4 Å². The number of nitrogens with zero attached hydrogens (tertiary/aromatic N) is 3. The lowest BCUT2D eigenvalue weighted by Gasteiger charge is -2.27. The van der Waals surface area contributed by atoms with E-state index in [4.69, 9.17) is 11.6 Å². The van der Waals surface area contributed by atoms with Crippen LogP contribution in [0.5, 0.6) is 0 Å². The van der Waals surface area contributed by atoms with E-state index in [2.05, 4.69) is 0 Å². The van der Waals surface area contributed by atoms with Crippen LogP contribution in [-0.4, -0.2) is 28.9 Å². The van der Waals surface area contributed by atoms with Gasteiger partial charge in [0.15, 0.2) is 0 Å². The minimum Gasteiger partial charge on any atom is -0.325 e. The Labute approximate surface area is 120 Å². The van der Waals surface area contributed by atoms with Crippen molar-refractivity contribution in [3.8, 4) is 0 Å². The van der Waals surface area contributed by atoms with E-state index in [1.807, 2.05) is 4.90 Å². The highest BCUT2D eigenvalue weighted by molar-refractivity contribution is 6.31. The van der Waals surface area contributed by atoms with Crippen LogP contribution in [0.2, 0.25) is 5.02 Å².